The molecular formula is C16H22O6. The first-order valence-electron chi connectivity index (χ1n) is 7.58. The summed E-state index contributed by atoms with van der Waals surface area (Å²) in [7, 11) is 1.52. The van der Waals surface area contributed by atoms with Crippen molar-refractivity contribution in [2.45, 2.75) is 33.1 Å². The molecule has 0 radical (unpaired) electrons. The van der Waals surface area contributed by atoms with Crippen LogP contribution in [0.4, 0.5) is 0 Å². The van der Waals surface area contributed by atoms with Gasteiger partial charge in [0, 0.05) is 19.1 Å². The molecule has 6 nitrogen and oxygen atoms in total. The minimum absolute atomic E-state index is 0.0446. The van der Waals surface area contributed by atoms with Gasteiger partial charge in [-0.25, -0.2) is 0 Å². The van der Waals surface area contributed by atoms with Crippen LogP contribution in [0, 0.1) is 11.3 Å². The highest BCUT2D eigenvalue weighted by atomic mass is 16.6. The average molecular weight is 310 g/mol. The van der Waals surface area contributed by atoms with E-state index >= 15 is 0 Å². The number of ether oxygens (including phenoxy) is 3. The van der Waals surface area contributed by atoms with Gasteiger partial charge in [-0.1, -0.05) is 5.57 Å². The first-order chi connectivity index (χ1) is 10.5. The van der Waals surface area contributed by atoms with Crippen molar-refractivity contribution in [1.29, 1.82) is 0 Å². The van der Waals surface area contributed by atoms with E-state index in [4.69, 9.17) is 14.2 Å². The summed E-state index contributed by atoms with van der Waals surface area (Å²) in [5, 5.41) is 0. The summed E-state index contributed by atoms with van der Waals surface area (Å²) in [5.41, 5.74) is 0.141. The molecule has 2 aliphatic carbocycles. The lowest BCUT2D eigenvalue weighted by Crippen LogP contribution is -2.40. The second-order valence-electron chi connectivity index (χ2n) is 5.66. The summed E-state index contributed by atoms with van der Waals surface area (Å²) >= 11 is 0. The Morgan fingerprint density at radius 3 is 2.27 bits per heavy atom. The van der Waals surface area contributed by atoms with E-state index in [9.17, 15) is 14.4 Å². The molecule has 1 saturated carbocycles. The van der Waals surface area contributed by atoms with E-state index in [1.807, 2.05) is 0 Å². The van der Waals surface area contributed by atoms with Crippen molar-refractivity contribution < 1.29 is 28.6 Å². The number of esters is 2. The summed E-state index contributed by atoms with van der Waals surface area (Å²) in [6.07, 6.45) is 0.799. The monoisotopic (exact) mass is 310 g/mol. The molecule has 0 heterocycles. The maximum Gasteiger partial charge on any atom is 0.323 e. The van der Waals surface area contributed by atoms with Gasteiger partial charge >= 0.3 is 11.9 Å². The highest BCUT2D eigenvalue weighted by molar-refractivity contribution is 6.04. The lowest BCUT2D eigenvalue weighted by molar-refractivity contribution is -0.171. The fourth-order valence-corrected chi connectivity index (χ4v) is 3.41. The van der Waals surface area contributed by atoms with Gasteiger partial charge in [-0.3, -0.25) is 14.4 Å². The number of methoxy groups -OCH3 is 1. The SMILES string of the molecule is CCOC(=O)C1(C(=O)OCC)CC2=C(COC)C(=O)C[C@H]2C1. The maximum absolute atomic E-state index is 12.4. The van der Waals surface area contributed by atoms with Crippen LogP contribution >= 0.6 is 0 Å². The molecule has 0 bridgehead atoms. The molecule has 0 saturated heterocycles. The van der Waals surface area contributed by atoms with Gasteiger partial charge in [0.05, 0.1) is 19.8 Å². The Morgan fingerprint density at radius 2 is 1.77 bits per heavy atom. The lowest BCUT2D eigenvalue weighted by atomic mass is 9.83. The highest BCUT2D eigenvalue weighted by Gasteiger charge is 2.58. The van der Waals surface area contributed by atoms with Crippen molar-refractivity contribution in [3.8, 4) is 0 Å². The number of fused-ring (bicyclic) bond motifs is 1. The van der Waals surface area contributed by atoms with Crippen LogP contribution in [0.15, 0.2) is 11.1 Å². The standard InChI is InChI=1S/C16H22O6/c1-4-21-14(18)16(15(19)22-5-2)7-10-6-13(17)12(9-20-3)11(10)8-16/h10H,4-9H2,1-3H3/t10-/m0/s1. The molecule has 0 spiro atoms. The molecule has 122 valence electrons. The molecule has 0 aromatic rings. The van der Waals surface area contributed by atoms with Gasteiger partial charge in [0.1, 0.15) is 0 Å². The summed E-state index contributed by atoms with van der Waals surface area (Å²) < 4.78 is 15.3. The Kier molecular flexibility index (Phi) is 5.01. The third-order valence-corrected chi connectivity index (χ3v) is 4.36. The topological polar surface area (TPSA) is 78.9 Å². The molecule has 1 fully saturated rings. The zero-order chi connectivity index (χ0) is 16.3. The van der Waals surface area contributed by atoms with Crippen molar-refractivity contribution in [3.05, 3.63) is 11.1 Å². The predicted octanol–water partition coefficient (Wildman–Crippen LogP) is 1.42. The molecule has 2 aliphatic rings. The van der Waals surface area contributed by atoms with E-state index in [1.165, 1.54) is 7.11 Å². The second kappa shape index (κ2) is 6.60. The van der Waals surface area contributed by atoms with E-state index in [0.29, 0.717) is 12.0 Å². The summed E-state index contributed by atoms with van der Waals surface area (Å²) in [5.74, 6) is -1.16. The average Bonchev–Trinajstić information content (AvgIpc) is 2.97. The fraction of sp³-hybridized carbons (Fsp3) is 0.688. The smallest absolute Gasteiger partial charge is 0.323 e. The summed E-state index contributed by atoms with van der Waals surface area (Å²) in [6, 6.07) is 0. The van der Waals surface area contributed by atoms with E-state index in [1.54, 1.807) is 13.8 Å². The van der Waals surface area contributed by atoms with Gasteiger partial charge in [-0.2, -0.15) is 0 Å². The van der Waals surface area contributed by atoms with Crippen LogP contribution in [-0.2, 0) is 28.6 Å². The van der Waals surface area contributed by atoms with Gasteiger partial charge in [0.25, 0.3) is 0 Å². The van der Waals surface area contributed by atoms with Crippen LogP contribution in [-0.4, -0.2) is 44.7 Å². The fourth-order valence-electron chi connectivity index (χ4n) is 3.41. The quantitative estimate of drug-likeness (QED) is 0.545. The summed E-state index contributed by atoms with van der Waals surface area (Å²) in [6.45, 7) is 4.02. The maximum atomic E-state index is 12.4. The van der Waals surface area contributed by atoms with Gasteiger partial charge in [-0.05, 0) is 32.6 Å². The highest BCUT2D eigenvalue weighted by Crippen LogP contribution is 2.52. The third-order valence-electron chi connectivity index (χ3n) is 4.36. The van der Waals surface area contributed by atoms with Crippen LogP contribution in [0.1, 0.15) is 33.1 Å². The molecule has 0 amide bonds. The van der Waals surface area contributed by atoms with Crippen molar-refractivity contribution in [3.63, 3.8) is 0 Å². The number of Topliss-reactive ketones (excluding diaryl/α,β-unsaturated/α-hetero) is 1. The van der Waals surface area contributed by atoms with E-state index in [0.717, 1.165) is 5.57 Å². The van der Waals surface area contributed by atoms with Crippen LogP contribution in [0.25, 0.3) is 0 Å². The van der Waals surface area contributed by atoms with E-state index in [2.05, 4.69) is 0 Å². The molecule has 0 aromatic heterocycles. The van der Waals surface area contributed by atoms with Crippen LogP contribution < -0.4 is 0 Å². The number of carbonyl (C=O) groups is 3. The zero-order valence-corrected chi connectivity index (χ0v) is 13.3. The second-order valence-corrected chi connectivity index (χ2v) is 5.66. The van der Waals surface area contributed by atoms with E-state index in [-0.39, 0.29) is 44.4 Å². The minimum Gasteiger partial charge on any atom is -0.465 e. The number of rotatable bonds is 6. The number of allylic oxidation sites excluding steroid dienone is 1. The van der Waals surface area contributed by atoms with E-state index < -0.39 is 17.4 Å². The Hall–Kier alpha value is -1.69. The van der Waals surface area contributed by atoms with Gasteiger partial charge in [0.2, 0.25) is 0 Å². The van der Waals surface area contributed by atoms with Crippen molar-refractivity contribution in [1.82, 2.24) is 0 Å². The Morgan fingerprint density at radius 1 is 1.18 bits per heavy atom. The number of hydrogen-bond donors (Lipinski definition) is 0. The Balaban J connectivity index is 2.36. The Bertz CT molecular complexity index is 501. The molecule has 0 aromatic carbocycles. The number of carbonyl (C=O) groups excluding carboxylic acids is 3. The molecule has 0 N–H and O–H groups in total. The van der Waals surface area contributed by atoms with Crippen LogP contribution in [0.5, 0.6) is 0 Å². The molecule has 0 unspecified atom stereocenters. The normalized spacial score (nSPS) is 22.7. The number of ketones is 1. The third kappa shape index (κ3) is 2.67. The van der Waals surface area contributed by atoms with Crippen LogP contribution in [0.2, 0.25) is 0 Å². The molecule has 1 atom stereocenters. The largest absolute Gasteiger partial charge is 0.465 e. The molecule has 22 heavy (non-hydrogen) atoms. The summed E-state index contributed by atoms with van der Waals surface area (Å²) in [4.78, 5) is 36.8. The Labute approximate surface area is 129 Å². The van der Waals surface area contributed by atoms with Crippen molar-refractivity contribution in [2.75, 3.05) is 26.9 Å². The molecule has 0 aliphatic heterocycles. The van der Waals surface area contributed by atoms with Gasteiger partial charge in [0.15, 0.2) is 11.2 Å². The number of hydrogen-bond acceptors (Lipinski definition) is 6. The first-order valence-corrected chi connectivity index (χ1v) is 7.58. The lowest BCUT2D eigenvalue weighted by Gasteiger charge is -2.24. The first kappa shape index (κ1) is 16.7. The molecular weight excluding hydrogens is 288 g/mol. The van der Waals surface area contributed by atoms with Crippen molar-refractivity contribution >= 4 is 17.7 Å². The van der Waals surface area contributed by atoms with Crippen molar-refractivity contribution in [2.24, 2.45) is 11.3 Å². The van der Waals surface area contributed by atoms with Gasteiger partial charge < -0.3 is 14.2 Å². The van der Waals surface area contributed by atoms with Gasteiger partial charge in [-0.15, -0.1) is 0 Å². The van der Waals surface area contributed by atoms with Crippen LogP contribution in [0.3, 0.4) is 0 Å². The predicted molar refractivity (Wildman–Crippen MR) is 76.9 cm³/mol. The zero-order valence-electron chi connectivity index (χ0n) is 13.3. The molecule has 2 rings (SSSR count). The minimum atomic E-state index is -1.31. The molecule has 6 heteroatoms.